The zero-order valence-electron chi connectivity index (χ0n) is 22.9. The van der Waals surface area contributed by atoms with Gasteiger partial charge in [0.05, 0.1) is 6.61 Å². The number of aryl methyl sites for hydroxylation is 2. The maximum Gasteiger partial charge on any atom is 0.347 e. The van der Waals surface area contributed by atoms with E-state index in [1.807, 2.05) is 37.3 Å². The Morgan fingerprint density at radius 3 is 2.15 bits per heavy atom. The van der Waals surface area contributed by atoms with E-state index in [-0.39, 0.29) is 24.4 Å². The second kappa shape index (κ2) is 14.1. The summed E-state index contributed by atoms with van der Waals surface area (Å²) in [7, 11) is 0. The van der Waals surface area contributed by atoms with Crippen LogP contribution in [0, 0.1) is 18.3 Å². The van der Waals surface area contributed by atoms with Gasteiger partial charge < -0.3 is 10.1 Å². The van der Waals surface area contributed by atoms with Gasteiger partial charge in [-0.1, -0.05) is 92.1 Å². The molecule has 3 rings (SSSR count). The maximum absolute atomic E-state index is 13.6. The molecule has 0 aromatic heterocycles. The lowest BCUT2D eigenvalue weighted by Gasteiger charge is -2.34. The van der Waals surface area contributed by atoms with Gasteiger partial charge in [-0.05, 0) is 49.9 Å². The van der Waals surface area contributed by atoms with E-state index in [2.05, 4.69) is 12.2 Å². The normalized spacial score (nSPS) is 13.0. The lowest BCUT2D eigenvalue weighted by atomic mass is 9.75. The SMILES string of the molecule is CCCCCc1ccc(C(=O)CC(c2ccc(C)cc2)C(C#N)(NC(=O)c2ccccc2)C(=O)OCC)cc1. The average Bonchev–Trinajstić information content (AvgIpc) is 2.96. The fraction of sp³-hybridized carbons (Fsp3) is 0.333. The molecule has 2 atom stereocenters. The van der Waals surface area contributed by atoms with Crippen molar-refractivity contribution in [2.45, 2.75) is 64.3 Å². The molecular formula is C33H36N2O4. The first-order valence-corrected chi connectivity index (χ1v) is 13.5. The molecule has 1 N–H and O–H groups in total. The van der Waals surface area contributed by atoms with Crippen molar-refractivity contribution >= 4 is 17.7 Å². The summed E-state index contributed by atoms with van der Waals surface area (Å²) in [6.07, 6.45) is 4.14. The Morgan fingerprint density at radius 1 is 0.897 bits per heavy atom. The molecule has 202 valence electrons. The average molecular weight is 525 g/mol. The first-order chi connectivity index (χ1) is 18.8. The molecule has 0 spiro atoms. The fourth-order valence-corrected chi connectivity index (χ4v) is 4.58. The molecule has 0 fully saturated rings. The zero-order valence-corrected chi connectivity index (χ0v) is 22.9. The standard InChI is InChI=1S/C33H36N2O4/c1-4-6-8-11-25-16-20-27(21-17-25)30(36)22-29(26-18-14-24(3)15-19-26)33(23-34,32(38)39-5-2)35-31(37)28-12-9-7-10-13-28/h7,9-10,12-21,29H,4-6,8,11,22H2,1-3H3,(H,35,37). The highest BCUT2D eigenvalue weighted by molar-refractivity contribution is 6.01. The number of rotatable bonds is 13. The van der Waals surface area contributed by atoms with Gasteiger partial charge in [-0.15, -0.1) is 0 Å². The number of nitriles is 1. The van der Waals surface area contributed by atoms with E-state index in [1.165, 1.54) is 0 Å². The maximum atomic E-state index is 13.6. The molecular weight excluding hydrogens is 488 g/mol. The highest BCUT2D eigenvalue weighted by Crippen LogP contribution is 2.35. The number of nitrogens with zero attached hydrogens (tertiary/aromatic N) is 1. The number of benzene rings is 3. The minimum absolute atomic E-state index is 0.0114. The van der Waals surface area contributed by atoms with Gasteiger partial charge >= 0.3 is 5.97 Å². The van der Waals surface area contributed by atoms with Crippen LogP contribution in [0.3, 0.4) is 0 Å². The van der Waals surface area contributed by atoms with Crippen LogP contribution in [-0.4, -0.2) is 29.8 Å². The Balaban J connectivity index is 2.02. The second-order valence-electron chi connectivity index (χ2n) is 9.71. The number of esters is 1. The predicted octanol–water partition coefficient (Wildman–Crippen LogP) is 6.34. The number of amides is 1. The van der Waals surface area contributed by atoms with E-state index >= 15 is 0 Å². The smallest absolute Gasteiger partial charge is 0.347 e. The van der Waals surface area contributed by atoms with E-state index in [0.717, 1.165) is 36.8 Å². The molecule has 3 aromatic rings. The van der Waals surface area contributed by atoms with Gasteiger partial charge in [0.15, 0.2) is 5.78 Å². The first kappa shape index (κ1) is 29.3. The highest BCUT2D eigenvalue weighted by atomic mass is 16.5. The van der Waals surface area contributed by atoms with Crippen molar-refractivity contribution in [3.8, 4) is 6.07 Å². The molecule has 0 saturated carbocycles. The fourth-order valence-electron chi connectivity index (χ4n) is 4.58. The summed E-state index contributed by atoms with van der Waals surface area (Å²) < 4.78 is 5.32. The van der Waals surface area contributed by atoms with Crippen LogP contribution in [0.5, 0.6) is 0 Å². The van der Waals surface area contributed by atoms with Crippen molar-refractivity contribution in [3.63, 3.8) is 0 Å². The van der Waals surface area contributed by atoms with Crippen molar-refractivity contribution in [1.82, 2.24) is 5.32 Å². The monoisotopic (exact) mass is 524 g/mol. The van der Waals surface area contributed by atoms with Gasteiger partial charge in [-0.3, -0.25) is 9.59 Å². The summed E-state index contributed by atoms with van der Waals surface area (Å²) in [5.74, 6) is -2.74. The summed E-state index contributed by atoms with van der Waals surface area (Å²) in [6, 6.07) is 25.1. The summed E-state index contributed by atoms with van der Waals surface area (Å²) in [6.45, 7) is 5.73. The molecule has 0 saturated heterocycles. The summed E-state index contributed by atoms with van der Waals surface area (Å²) >= 11 is 0. The summed E-state index contributed by atoms with van der Waals surface area (Å²) in [5, 5.41) is 13.2. The van der Waals surface area contributed by atoms with Gasteiger partial charge in [0.1, 0.15) is 6.07 Å². The molecule has 6 heteroatoms. The van der Waals surface area contributed by atoms with Crippen molar-refractivity contribution in [3.05, 3.63) is 107 Å². The van der Waals surface area contributed by atoms with Crippen LogP contribution in [0.2, 0.25) is 0 Å². The molecule has 39 heavy (non-hydrogen) atoms. The number of carbonyl (C=O) groups excluding carboxylic acids is 3. The number of ketones is 1. The van der Waals surface area contributed by atoms with Crippen molar-refractivity contribution < 1.29 is 19.1 Å². The van der Waals surface area contributed by atoms with E-state index in [9.17, 15) is 19.6 Å². The third-order valence-corrected chi connectivity index (χ3v) is 6.86. The Morgan fingerprint density at radius 2 is 1.56 bits per heavy atom. The van der Waals surface area contributed by atoms with Gasteiger partial charge in [0, 0.05) is 23.5 Å². The number of hydrogen-bond acceptors (Lipinski definition) is 5. The third kappa shape index (κ3) is 7.42. The number of Topliss-reactive ketones (excluding diaryl/α,β-unsaturated/α-hetero) is 1. The van der Waals surface area contributed by atoms with Crippen LogP contribution >= 0.6 is 0 Å². The molecule has 0 aliphatic heterocycles. The quantitative estimate of drug-likeness (QED) is 0.160. The largest absolute Gasteiger partial charge is 0.463 e. The van der Waals surface area contributed by atoms with Crippen LogP contribution in [0.4, 0.5) is 0 Å². The zero-order chi connectivity index (χ0) is 28.3. The number of nitrogens with one attached hydrogen (secondary N) is 1. The summed E-state index contributed by atoms with van der Waals surface area (Å²) in [4.78, 5) is 40.3. The minimum atomic E-state index is -2.13. The van der Waals surface area contributed by atoms with Crippen LogP contribution in [0.1, 0.15) is 82.9 Å². The molecule has 0 aliphatic rings. The molecule has 6 nitrogen and oxygen atoms in total. The number of hydrogen-bond donors (Lipinski definition) is 1. The molecule has 0 aliphatic carbocycles. The lowest BCUT2D eigenvalue weighted by Crippen LogP contribution is -2.58. The van der Waals surface area contributed by atoms with Crippen LogP contribution in [-0.2, 0) is 16.0 Å². The Hall–Kier alpha value is -4.24. The Bertz CT molecular complexity index is 1290. The van der Waals surface area contributed by atoms with Crippen LogP contribution in [0.15, 0.2) is 78.9 Å². The van der Waals surface area contributed by atoms with Gasteiger partial charge in [0.25, 0.3) is 5.91 Å². The topological polar surface area (TPSA) is 96.3 Å². The van der Waals surface area contributed by atoms with Crippen molar-refractivity contribution in [2.24, 2.45) is 0 Å². The van der Waals surface area contributed by atoms with Gasteiger partial charge in [-0.2, -0.15) is 5.26 Å². The molecule has 0 heterocycles. The molecule has 2 unspecified atom stereocenters. The molecule has 0 bridgehead atoms. The Labute approximate surface area is 231 Å². The van der Waals surface area contributed by atoms with Crippen molar-refractivity contribution in [2.75, 3.05) is 6.61 Å². The van der Waals surface area contributed by atoms with Gasteiger partial charge in [-0.25, -0.2) is 4.79 Å². The number of unbranched alkanes of at least 4 members (excludes halogenated alkanes) is 2. The van der Waals surface area contributed by atoms with Gasteiger partial charge in [0.2, 0.25) is 5.54 Å². The van der Waals surface area contributed by atoms with Crippen molar-refractivity contribution in [1.29, 1.82) is 5.26 Å². The summed E-state index contributed by atoms with van der Waals surface area (Å²) in [5.41, 5.74) is 1.35. The lowest BCUT2D eigenvalue weighted by molar-refractivity contribution is -0.149. The van der Waals surface area contributed by atoms with Crippen LogP contribution < -0.4 is 5.32 Å². The molecule has 0 radical (unpaired) electrons. The number of carbonyl (C=O) groups is 3. The van der Waals surface area contributed by atoms with E-state index < -0.39 is 23.3 Å². The van der Waals surface area contributed by atoms with E-state index in [1.54, 1.807) is 61.5 Å². The minimum Gasteiger partial charge on any atom is -0.463 e. The second-order valence-corrected chi connectivity index (χ2v) is 9.71. The Kier molecular flexibility index (Phi) is 10.6. The first-order valence-electron chi connectivity index (χ1n) is 13.5. The highest BCUT2D eigenvalue weighted by Gasteiger charge is 2.51. The van der Waals surface area contributed by atoms with Crippen LogP contribution in [0.25, 0.3) is 0 Å². The molecule has 3 aromatic carbocycles. The molecule has 1 amide bonds. The number of ether oxygens (including phenoxy) is 1. The van der Waals surface area contributed by atoms with E-state index in [4.69, 9.17) is 4.74 Å². The van der Waals surface area contributed by atoms with E-state index in [0.29, 0.717) is 11.1 Å². The third-order valence-electron chi connectivity index (χ3n) is 6.86. The predicted molar refractivity (Wildman–Crippen MR) is 151 cm³/mol.